The van der Waals surface area contributed by atoms with Crippen molar-refractivity contribution in [1.29, 1.82) is 0 Å². The summed E-state index contributed by atoms with van der Waals surface area (Å²) in [6.07, 6.45) is 5.32. The molecule has 4 heteroatoms. The van der Waals surface area contributed by atoms with Gasteiger partial charge in [0.1, 0.15) is 0 Å². The van der Waals surface area contributed by atoms with Crippen LogP contribution in [0.3, 0.4) is 0 Å². The number of carbonyl (C=O) groups excluding carboxylic acids is 1. The topological polar surface area (TPSA) is 46.3 Å². The molecule has 0 aromatic heterocycles. The summed E-state index contributed by atoms with van der Waals surface area (Å²) < 4.78 is 0. The van der Waals surface area contributed by atoms with Crippen molar-refractivity contribution in [2.75, 3.05) is 6.54 Å². The molecule has 2 aliphatic carbocycles. The molecule has 1 aliphatic heterocycles. The lowest BCUT2D eigenvalue weighted by molar-refractivity contribution is -0.134. The Balaban J connectivity index is 0.00000120. The minimum atomic E-state index is -0.488. The standard InChI is InChI=1S/C14H24N2O.ClH/c1-12(2)6-10-7-13(3,8-12)9-16(10)11(17)14(15)4-5-14;/h10H,4-9,15H2,1-3H3;1H. The first-order valence-electron chi connectivity index (χ1n) is 6.83. The Morgan fingerprint density at radius 2 is 1.83 bits per heavy atom. The van der Waals surface area contributed by atoms with E-state index >= 15 is 0 Å². The zero-order valence-electron chi connectivity index (χ0n) is 11.7. The Hall–Kier alpha value is -0.280. The van der Waals surface area contributed by atoms with E-state index in [2.05, 4.69) is 25.7 Å². The highest BCUT2D eigenvalue weighted by Crippen LogP contribution is 2.53. The van der Waals surface area contributed by atoms with Crippen LogP contribution in [-0.2, 0) is 4.79 Å². The van der Waals surface area contributed by atoms with Gasteiger partial charge < -0.3 is 10.6 Å². The molecule has 2 unspecified atom stereocenters. The molecule has 2 saturated carbocycles. The van der Waals surface area contributed by atoms with E-state index in [1.807, 2.05) is 0 Å². The monoisotopic (exact) mass is 272 g/mol. The van der Waals surface area contributed by atoms with Crippen molar-refractivity contribution in [2.24, 2.45) is 16.6 Å². The highest BCUT2D eigenvalue weighted by atomic mass is 35.5. The Labute approximate surface area is 116 Å². The van der Waals surface area contributed by atoms with E-state index in [1.165, 1.54) is 12.8 Å². The molecule has 0 spiro atoms. The van der Waals surface area contributed by atoms with E-state index in [0.717, 1.165) is 25.8 Å². The van der Waals surface area contributed by atoms with E-state index < -0.39 is 5.54 Å². The molecule has 18 heavy (non-hydrogen) atoms. The van der Waals surface area contributed by atoms with Crippen LogP contribution in [0, 0.1) is 10.8 Å². The number of amides is 1. The molecule has 0 radical (unpaired) electrons. The quantitative estimate of drug-likeness (QED) is 0.796. The van der Waals surface area contributed by atoms with Crippen LogP contribution in [-0.4, -0.2) is 28.9 Å². The summed E-state index contributed by atoms with van der Waals surface area (Å²) in [5.41, 5.74) is 6.28. The van der Waals surface area contributed by atoms with Crippen molar-refractivity contribution in [1.82, 2.24) is 4.90 Å². The van der Waals surface area contributed by atoms with Crippen LogP contribution in [0.15, 0.2) is 0 Å². The maximum atomic E-state index is 12.4. The Kier molecular flexibility index (Phi) is 3.03. The second-order valence-electron chi connectivity index (χ2n) is 7.80. The Bertz CT molecular complexity index is 378. The van der Waals surface area contributed by atoms with Crippen LogP contribution in [0.2, 0.25) is 0 Å². The molecule has 2 N–H and O–H groups in total. The molecule has 1 amide bonds. The predicted molar refractivity (Wildman–Crippen MR) is 74.6 cm³/mol. The zero-order valence-corrected chi connectivity index (χ0v) is 12.5. The van der Waals surface area contributed by atoms with Crippen molar-refractivity contribution in [3.05, 3.63) is 0 Å². The van der Waals surface area contributed by atoms with Crippen molar-refractivity contribution in [2.45, 2.75) is 64.5 Å². The SMILES string of the molecule is CC1(C)CC2CC(C)(CN2C(=O)C2(N)CC2)C1.Cl. The van der Waals surface area contributed by atoms with Gasteiger partial charge in [-0.1, -0.05) is 20.8 Å². The number of carbonyl (C=O) groups is 1. The normalized spacial score (nSPS) is 39.1. The summed E-state index contributed by atoms with van der Waals surface area (Å²) in [6.45, 7) is 7.94. The molecule has 3 nitrogen and oxygen atoms in total. The lowest BCUT2D eigenvalue weighted by Crippen LogP contribution is -2.48. The average Bonchev–Trinajstić information content (AvgIpc) is 2.84. The molecule has 0 aromatic carbocycles. The van der Waals surface area contributed by atoms with Gasteiger partial charge in [-0.25, -0.2) is 0 Å². The molecule has 0 aromatic rings. The van der Waals surface area contributed by atoms with Crippen LogP contribution >= 0.6 is 12.4 Å². The molecular formula is C14H25ClN2O. The van der Waals surface area contributed by atoms with Gasteiger partial charge in [0, 0.05) is 12.6 Å². The summed E-state index contributed by atoms with van der Waals surface area (Å²) >= 11 is 0. The molecule has 1 saturated heterocycles. The van der Waals surface area contributed by atoms with Crippen molar-refractivity contribution >= 4 is 18.3 Å². The molecule has 2 atom stereocenters. The Morgan fingerprint density at radius 1 is 1.22 bits per heavy atom. The fourth-order valence-corrected chi connectivity index (χ4v) is 4.33. The van der Waals surface area contributed by atoms with Crippen LogP contribution in [0.5, 0.6) is 0 Å². The van der Waals surface area contributed by atoms with E-state index in [0.29, 0.717) is 16.9 Å². The van der Waals surface area contributed by atoms with Gasteiger partial charge in [0.05, 0.1) is 5.54 Å². The third-order valence-corrected chi connectivity index (χ3v) is 4.89. The smallest absolute Gasteiger partial charge is 0.242 e. The highest BCUT2D eigenvalue weighted by molar-refractivity contribution is 5.89. The molecule has 1 heterocycles. The first-order chi connectivity index (χ1) is 7.73. The summed E-state index contributed by atoms with van der Waals surface area (Å²) in [5.74, 6) is 0.226. The van der Waals surface area contributed by atoms with Crippen LogP contribution < -0.4 is 5.73 Å². The number of likely N-dealkylation sites (tertiary alicyclic amines) is 1. The van der Waals surface area contributed by atoms with Crippen molar-refractivity contribution in [3.8, 4) is 0 Å². The summed E-state index contributed by atoms with van der Waals surface area (Å²) in [5, 5.41) is 0. The maximum Gasteiger partial charge on any atom is 0.242 e. The fraction of sp³-hybridized carbons (Fsp3) is 0.929. The average molecular weight is 273 g/mol. The first-order valence-corrected chi connectivity index (χ1v) is 6.83. The minimum Gasteiger partial charge on any atom is -0.338 e. The van der Waals surface area contributed by atoms with Gasteiger partial charge in [0.15, 0.2) is 0 Å². The summed E-state index contributed by atoms with van der Waals surface area (Å²) in [6, 6.07) is 0.442. The van der Waals surface area contributed by atoms with E-state index in [-0.39, 0.29) is 18.3 Å². The number of hydrogen-bond donors (Lipinski definition) is 1. The van der Waals surface area contributed by atoms with Gasteiger partial charge in [-0.3, -0.25) is 4.79 Å². The second-order valence-corrected chi connectivity index (χ2v) is 7.80. The number of rotatable bonds is 1. The van der Waals surface area contributed by atoms with Gasteiger partial charge >= 0.3 is 0 Å². The molecule has 3 fully saturated rings. The number of hydrogen-bond acceptors (Lipinski definition) is 2. The zero-order chi connectivity index (χ0) is 12.5. The number of nitrogens with zero attached hydrogens (tertiary/aromatic N) is 1. The summed E-state index contributed by atoms with van der Waals surface area (Å²) in [7, 11) is 0. The number of nitrogens with two attached hydrogens (primary N) is 1. The van der Waals surface area contributed by atoms with Gasteiger partial charge in [-0.2, -0.15) is 0 Å². The van der Waals surface area contributed by atoms with Gasteiger partial charge in [-0.05, 0) is 42.9 Å². The molecule has 104 valence electrons. The van der Waals surface area contributed by atoms with Crippen LogP contribution in [0.25, 0.3) is 0 Å². The predicted octanol–water partition coefficient (Wildman–Crippen LogP) is 2.33. The van der Waals surface area contributed by atoms with E-state index in [1.54, 1.807) is 0 Å². The van der Waals surface area contributed by atoms with Gasteiger partial charge in [-0.15, -0.1) is 12.4 Å². The van der Waals surface area contributed by atoms with Crippen LogP contribution in [0.4, 0.5) is 0 Å². The Morgan fingerprint density at radius 3 is 2.39 bits per heavy atom. The molecular weight excluding hydrogens is 248 g/mol. The lowest BCUT2D eigenvalue weighted by atomic mass is 9.65. The van der Waals surface area contributed by atoms with Crippen molar-refractivity contribution in [3.63, 3.8) is 0 Å². The first kappa shape index (κ1) is 14.1. The second kappa shape index (κ2) is 3.86. The number of halogens is 1. The minimum absolute atomic E-state index is 0. The van der Waals surface area contributed by atoms with E-state index in [9.17, 15) is 4.79 Å². The van der Waals surface area contributed by atoms with Gasteiger partial charge in [0.2, 0.25) is 5.91 Å². The largest absolute Gasteiger partial charge is 0.338 e. The third kappa shape index (κ3) is 2.16. The maximum absolute atomic E-state index is 12.4. The third-order valence-electron chi connectivity index (χ3n) is 4.89. The number of fused-ring (bicyclic) bond motifs is 2. The highest BCUT2D eigenvalue weighted by Gasteiger charge is 2.56. The van der Waals surface area contributed by atoms with E-state index in [4.69, 9.17) is 5.73 Å². The fourth-order valence-electron chi connectivity index (χ4n) is 4.33. The van der Waals surface area contributed by atoms with Crippen molar-refractivity contribution < 1.29 is 4.79 Å². The molecule has 2 bridgehead atoms. The molecule has 3 rings (SSSR count). The summed E-state index contributed by atoms with van der Waals surface area (Å²) in [4.78, 5) is 14.5. The van der Waals surface area contributed by atoms with Gasteiger partial charge in [0.25, 0.3) is 0 Å². The molecule has 3 aliphatic rings. The lowest BCUT2D eigenvalue weighted by Gasteiger charge is -2.39. The van der Waals surface area contributed by atoms with Crippen LogP contribution in [0.1, 0.15) is 52.9 Å².